The molecule has 0 aliphatic carbocycles. The van der Waals surface area contributed by atoms with Crippen LogP contribution in [0.15, 0.2) is 83.1 Å². The number of hydrogen-bond acceptors (Lipinski definition) is 3. The molecule has 3 nitrogen and oxygen atoms in total. The van der Waals surface area contributed by atoms with Gasteiger partial charge in [-0.3, -0.25) is 10.2 Å². The second-order valence-corrected chi connectivity index (χ2v) is 9.14. The Morgan fingerprint density at radius 1 is 0.938 bits per heavy atom. The predicted molar refractivity (Wildman–Crippen MR) is 129 cm³/mol. The molecule has 0 aromatic heterocycles. The van der Waals surface area contributed by atoms with E-state index < -0.39 is 0 Å². The number of hydrogen-bond donors (Lipinski definition) is 1. The lowest BCUT2D eigenvalue weighted by Gasteiger charge is -2.26. The van der Waals surface area contributed by atoms with Crippen LogP contribution in [0.4, 0.5) is 4.39 Å². The minimum absolute atomic E-state index is 0.0635. The van der Waals surface area contributed by atoms with Crippen molar-refractivity contribution in [2.45, 2.75) is 36.0 Å². The van der Waals surface area contributed by atoms with E-state index in [9.17, 15) is 9.18 Å². The fourth-order valence-electron chi connectivity index (χ4n) is 3.87. The summed E-state index contributed by atoms with van der Waals surface area (Å²) in [5.74, 6) is -0.338. The molecule has 4 rings (SSSR count). The summed E-state index contributed by atoms with van der Waals surface area (Å²) in [6, 6.07) is 20.3. The van der Waals surface area contributed by atoms with E-state index in [1.165, 1.54) is 18.6 Å². The molecule has 1 aliphatic heterocycles. The molecule has 0 bridgehead atoms. The van der Waals surface area contributed by atoms with Gasteiger partial charge in [-0.05, 0) is 78.4 Å². The number of aryl methyl sites for hydroxylation is 1. The Morgan fingerprint density at radius 3 is 2.47 bits per heavy atom. The number of nitrogens with zero attached hydrogens (tertiary/aromatic N) is 1. The van der Waals surface area contributed by atoms with Crippen LogP contribution >= 0.6 is 11.8 Å². The number of piperidine rings is 1. The molecule has 1 saturated heterocycles. The fraction of sp³-hybridized carbons (Fsp3) is 0.222. The van der Waals surface area contributed by atoms with Gasteiger partial charge in [-0.25, -0.2) is 9.40 Å². The fourth-order valence-corrected chi connectivity index (χ4v) is 4.91. The third kappa shape index (κ3) is 5.29. The van der Waals surface area contributed by atoms with E-state index >= 15 is 0 Å². The van der Waals surface area contributed by atoms with Crippen molar-refractivity contribution < 1.29 is 9.18 Å². The van der Waals surface area contributed by atoms with E-state index in [-0.39, 0.29) is 11.7 Å². The van der Waals surface area contributed by atoms with Gasteiger partial charge in [0.25, 0.3) is 5.91 Å². The first kappa shape index (κ1) is 22.3. The number of hydrazine groups is 1. The second-order valence-electron chi connectivity index (χ2n) is 8.06. The Morgan fingerprint density at radius 2 is 1.72 bits per heavy atom. The highest BCUT2D eigenvalue weighted by Crippen LogP contribution is 2.37. The summed E-state index contributed by atoms with van der Waals surface area (Å²) in [6.07, 6.45) is 3.47. The molecule has 1 N–H and O–H groups in total. The van der Waals surface area contributed by atoms with Crippen molar-refractivity contribution in [3.63, 3.8) is 0 Å². The number of benzene rings is 3. The van der Waals surface area contributed by atoms with Crippen molar-refractivity contribution in [1.82, 2.24) is 10.4 Å². The van der Waals surface area contributed by atoms with Gasteiger partial charge in [-0.2, -0.15) is 0 Å². The smallest absolute Gasteiger partial charge is 0.265 e. The van der Waals surface area contributed by atoms with Gasteiger partial charge in [0.15, 0.2) is 0 Å². The van der Waals surface area contributed by atoms with Crippen molar-refractivity contribution in [3.05, 3.63) is 101 Å². The molecular weight excluding hydrogens is 419 g/mol. The zero-order valence-corrected chi connectivity index (χ0v) is 19.1. The van der Waals surface area contributed by atoms with Gasteiger partial charge in [0, 0.05) is 28.4 Å². The molecule has 0 saturated carbocycles. The van der Waals surface area contributed by atoms with Gasteiger partial charge in [0.05, 0.1) is 0 Å². The average Bonchev–Trinajstić information content (AvgIpc) is 2.81. The Hall–Kier alpha value is -2.89. The molecule has 5 heteroatoms. The number of carbonyl (C=O) groups is 1. The first-order valence-electron chi connectivity index (χ1n) is 10.9. The molecule has 1 aliphatic rings. The van der Waals surface area contributed by atoms with Crippen LogP contribution < -0.4 is 5.43 Å². The van der Waals surface area contributed by atoms with E-state index in [0.29, 0.717) is 5.56 Å². The predicted octanol–water partition coefficient (Wildman–Crippen LogP) is 6.48. The lowest BCUT2D eigenvalue weighted by atomic mass is 9.99. The Kier molecular flexibility index (Phi) is 7.08. The number of nitrogens with one attached hydrogen (secondary N) is 1. The van der Waals surface area contributed by atoms with Crippen LogP contribution in [0.5, 0.6) is 0 Å². The van der Waals surface area contributed by atoms with Gasteiger partial charge >= 0.3 is 0 Å². The van der Waals surface area contributed by atoms with Crippen LogP contribution in [-0.2, 0) is 0 Å². The van der Waals surface area contributed by atoms with Gasteiger partial charge in [-0.1, -0.05) is 55.1 Å². The van der Waals surface area contributed by atoms with Gasteiger partial charge in [-0.15, -0.1) is 0 Å². The zero-order chi connectivity index (χ0) is 22.5. The minimum Gasteiger partial charge on any atom is -0.285 e. The summed E-state index contributed by atoms with van der Waals surface area (Å²) >= 11 is 1.63. The summed E-state index contributed by atoms with van der Waals surface area (Å²) in [7, 11) is 0. The van der Waals surface area contributed by atoms with Crippen LogP contribution in [-0.4, -0.2) is 24.0 Å². The summed E-state index contributed by atoms with van der Waals surface area (Å²) in [4.78, 5) is 14.8. The lowest BCUT2D eigenvalue weighted by molar-refractivity contribution is 0.0750. The molecule has 3 aromatic carbocycles. The van der Waals surface area contributed by atoms with Crippen LogP contribution in [0.3, 0.4) is 0 Å². The van der Waals surface area contributed by atoms with Crippen molar-refractivity contribution in [1.29, 1.82) is 0 Å². The summed E-state index contributed by atoms with van der Waals surface area (Å²) in [5, 5.41) is 2.01. The number of amides is 1. The quantitative estimate of drug-likeness (QED) is 0.470. The van der Waals surface area contributed by atoms with E-state index in [1.807, 2.05) is 60.5 Å². The molecule has 0 atom stereocenters. The Bertz CT molecular complexity index is 1140. The first-order chi connectivity index (χ1) is 15.5. The van der Waals surface area contributed by atoms with E-state index in [1.54, 1.807) is 17.8 Å². The van der Waals surface area contributed by atoms with Crippen LogP contribution in [0.1, 0.15) is 46.3 Å². The zero-order valence-electron chi connectivity index (χ0n) is 18.2. The Balaban J connectivity index is 1.52. The summed E-state index contributed by atoms with van der Waals surface area (Å²) < 4.78 is 13.7. The van der Waals surface area contributed by atoms with E-state index in [0.717, 1.165) is 58.0 Å². The molecule has 0 radical (unpaired) electrons. The van der Waals surface area contributed by atoms with E-state index in [2.05, 4.69) is 12.0 Å². The second kappa shape index (κ2) is 10.2. The van der Waals surface area contributed by atoms with Gasteiger partial charge < -0.3 is 0 Å². The number of carbonyl (C=O) groups excluding carboxylic acids is 1. The highest BCUT2D eigenvalue weighted by atomic mass is 32.2. The summed E-state index contributed by atoms with van der Waals surface area (Å²) in [6.45, 7) is 8.05. The first-order valence-corrected chi connectivity index (χ1v) is 11.7. The normalized spacial score (nSPS) is 14.2. The summed E-state index contributed by atoms with van der Waals surface area (Å²) in [5.41, 5.74) is 7.23. The maximum absolute atomic E-state index is 13.7. The molecule has 1 fully saturated rings. The topological polar surface area (TPSA) is 32.3 Å². The van der Waals surface area contributed by atoms with Crippen LogP contribution in [0.25, 0.3) is 5.57 Å². The largest absolute Gasteiger partial charge is 0.285 e. The molecular formula is C27H27FN2OS. The number of rotatable bonds is 6. The monoisotopic (exact) mass is 446 g/mol. The van der Waals surface area contributed by atoms with Gasteiger partial charge in [0.2, 0.25) is 0 Å². The third-order valence-corrected chi connectivity index (χ3v) is 6.91. The van der Waals surface area contributed by atoms with Crippen LogP contribution in [0, 0.1) is 12.7 Å². The standard InChI is InChI=1S/C27H27FN2OS/c1-19-17-22(27(31)29-30-15-6-3-7-16-30)13-14-25(19)32-26-12-5-4-11-24(26)20(2)21-9-8-10-23(28)18-21/h4-5,8-14,17-18H,2-3,6-7,15-16H2,1H3,(H,29,31). The molecule has 0 spiro atoms. The van der Waals surface area contributed by atoms with Crippen molar-refractivity contribution in [2.24, 2.45) is 0 Å². The minimum atomic E-state index is -0.275. The highest BCUT2D eigenvalue weighted by Gasteiger charge is 2.16. The molecule has 0 unspecified atom stereocenters. The lowest BCUT2D eigenvalue weighted by Crippen LogP contribution is -2.45. The van der Waals surface area contributed by atoms with Crippen molar-refractivity contribution in [3.8, 4) is 0 Å². The molecule has 32 heavy (non-hydrogen) atoms. The van der Waals surface area contributed by atoms with Crippen molar-refractivity contribution >= 4 is 23.2 Å². The SMILES string of the molecule is C=C(c1cccc(F)c1)c1ccccc1Sc1ccc(C(=O)NN2CCCCC2)cc1C. The maximum atomic E-state index is 13.7. The number of halogens is 1. The highest BCUT2D eigenvalue weighted by molar-refractivity contribution is 7.99. The Labute approximate surface area is 193 Å². The molecule has 3 aromatic rings. The molecule has 164 valence electrons. The molecule has 1 amide bonds. The van der Waals surface area contributed by atoms with Gasteiger partial charge in [0.1, 0.15) is 5.82 Å². The van der Waals surface area contributed by atoms with E-state index in [4.69, 9.17) is 0 Å². The third-order valence-electron chi connectivity index (χ3n) is 5.66. The average molecular weight is 447 g/mol. The molecule has 1 heterocycles. The van der Waals surface area contributed by atoms with Crippen LogP contribution in [0.2, 0.25) is 0 Å². The maximum Gasteiger partial charge on any atom is 0.265 e. The van der Waals surface area contributed by atoms with Crippen molar-refractivity contribution in [2.75, 3.05) is 13.1 Å².